The van der Waals surface area contributed by atoms with Crippen molar-refractivity contribution in [3.05, 3.63) is 18.1 Å². The van der Waals surface area contributed by atoms with Crippen molar-refractivity contribution in [2.75, 3.05) is 25.6 Å². The molecular formula is C10H13N3O4. The molecule has 0 bridgehead atoms. The predicted molar refractivity (Wildman–Crippen MR) is 58.9 cm³/mol. The third-order valence-electron chi connectivity index (χ3n) is 2.07. The summed E-state index contributed by atoms with van der Waals surface area (Å²) in [5.74, 6) is -1.05. The van der Waals surface area contributed by atoms with Crippen LogP contribution in [0.25, 0.3) is 0 Å². The number of carbonyl (C=O) groups is 2. The third kappa shape index (κ3) is 3.71. The lowest BCUT2D eigenvalue weighted by molar-refractivity contribution is -0.136. The fourth-order valence-electron chi connectivity index (χ4n) is 1.12. The maximum atomic E-state index is 11.2. The summed E-state index contributed by atoms with van der Waals surface area (Å²) in [5, 5.41) is 8.55. The van der Waals surface area contributed by atoms with Gasteiger partial charge >= 0.3 is 11.9 Å². The molecule has 17 heavy (non-hydrogen) atoms. The topological polar surface area (TPSA) is 92.6 Å². The molecule has 0 saturated carbocycles. The molecule has 0 aliphatic heterocycles. The van der Waals surface area contributed by atoms with E-state index in [0.29, 0.717) is 5.82 Å². The Morgan fingerprint density at radius 3 is 2.76 bits per heavy atom. The van der Waals surface area contributed by atoms with Crippen LogP contribution < -0.4 is 4.90 Å². The summed E-state index contributed by atoms with van der Waals surface area (Å²) in [6, 6.07) is 0. The van der Waals surface area contributed by atoms with Crippen molar-refractivity contribution in [1.29, 1.82) is 0 Å². The Balaban J connectivity index is 2.76. The second-order valence-corrected chi connectivity index (χ2v) is 3.32. The Kier molecular flexibility index (Phi) is 4.38. The first-order valence-corrected chi connectivity index (χ1v) is 4.88. The number of aliphatic carboxylic acids is 1. The van der Waals surface area contributed by atoms with E-state index < -0.39 is 11.9 Å². The number of aromatic nitrogens is 2. The fraction of sp³-hybridized carbons (Fsp3) is 0.400. The maximum Gasteiger partial charge on any atom is 0.358 e. The van der Waals surface area contributed by atoms with Crippen LogP contribution in [-0.4, -0.2) is 47.7 Å². The van der Waals surface area contributed by atoms with E-state index in [1.54, 1.807) is 11.9 Å². The molecule has 0 radical (unpaired) electrons. The van der Waals surface area contributed by atoms with Gasteiger partial charge in [-0.05, 0) is 0 Å². The van der Waals surface area contributed by atoms with E-state index in [1.165, 1.54) is 19.5 Å². The highest BCUT2D eigenvalue weighted by Gasteiger charge is 2.11. The zero-order chi connectivity index (χ0) is 12.8. The van der Waals surface area contributed by atoms with E-state index in [2.05, 4.69) is 14.7 Å². The lowest BCUT2D eigenvalue weighted by Gasteiger charge is -2.16. The van der Waals surface area contributed by atoms with Crippen molar-refractivity contribution in [2.24, 2.45) is 0 Å². The van der Waals surface area contributed by atoms with Crippen molar-refractivity contribution in [3.8, 4) is 0 Å². The molecule has 1 rings (SSSR count). The highest BCUT2D eigenvalue weighted by Crippen LogP contribution is 2.08. The van der Waals surface area contributed by atoms with Gasteiger partial charge in [-0.3, -0.25) is 9.78 Å². The number of nitrogens with zero attached hydrogens (tertiary/aromatic N) is 3. The monoisotopic (exact) mass is 239 g/mol. The SMILES string of the molecule is COC(=O)c1cncc(N(C)CCC(=O)O)n1. The molecular weight excluding hydrogens is 226 g/mol. The minimum Gasteiger partial charge on any atom is -0.481 e. The molecule has 0 atom stereocenters. The number of hydrogen-bond acceptors (Lipinski definition) is 6. The van der Waals surface area contributed by atoms with E-state index in [1.807, 2.05) is 0 Å². The molecule has 0 unspecified atom stereocenters. The van der Waals surface area contributed by atoms with E-state index in [-0.39, 0.29) is 18.7 Å². The Bertz CT molecular complexity index is 422. The van der Waals surface area contributed by atoms with Crippen molar-refractivity contribution in [3.63, 3.8) is 0 Å². The van der Waals surface area contributed by atoms with Crippen LogP contribution in [-0.2, 0) is 9.53 Å². The number of anilines is 1. The van der Waals surface area contributed by atoms with Crippen molar-refractivity contribution in [1.82, 2.24) is 9.97 Å². The minimum atomic E-state index is -0.895. The maximum absolute atomic E-state index is 11.2. The minimum absolute atomic E-state index is 0.0133. The van der Waals surface area contributed by atoms with Gasteiger partial charge in [-0.2, -0.15) is 0 Å². The molecule has 0 aliphatic carbocycles. The predicted octanol–water partition coefficient (Wildman–Crippen LogP) is 0.174. The van der Waals surface area contributed by atoms with Crippen LogP contribution >= 0.6 is 0 Å². The summed E-state index contributed by atoms with van der Waals surface area (Å²) >= 11 is 0. The molecule has 1 N–H and O–H groups in total. The smallest absolute Gasteiger partial charge is 0.358 e. The Hall–Kier alpha value is -2.18. The number of carboxylic acids is 1. The molecule has 92 valence electrons. The first-order chi connectivity index (χ1) is 8.04. The highest BCUT2D eigenvalue weighted by atomic mass is 16.5. The van der Waals surface area contributed by atoms with E-state index in [4.69, 9.17) is 5.11 Å². The van der Waals surface area contributed by atoms with E-state index in [9.17, 15) is 9.59 Å². The molecule has 0 spiro atoms. The largest absolute Gasteiger partial charge is 0.481 e. The number of esters is 1. The number of hydrogen-bond donors (Lipinski definition) is 1. The van der Waals surface area contributed by atoms with Crippen LogP contribution in [0, 0.1) is 0 Å². The number of ether oxygens (including phenoxy) is 1. The van der Waals surface area contributed by atoms with Crippen LogP contribution in [0.4, 0.5) is 5.82 Å². The molecule has 7 heteroatoms. The van der Waals surface area contributed by atoms with Gasteiger partial charge in [-0.15, -0.1) is 0 Å². The van der Waals surface area contributed by atoms with Crippen LogP contribution in [0.15, 0.2) is 12.4 Å². The normalized spacial score (nSPS) is 9.76. The average Bonchev–Trinajstić information content (AvgIpc) is 2.35. The standard InChI is InChI=1S/C10H13N3O4/c1-13(4-3-9(14)15)8-6-11-5-7(12-8)10(16)17-2/h5-6H,3-4H2,1-2H3,(H,14,15). The van der Waals surface area contributed by atoms with Gasteiger partial charge in [-0.25, -0.2) is 9.78 Å². The second kappa shape index (κ2) is 5.78. The Morgan fingerprint density at radius 1 is 1.47 bits per heavy atom. The van der Waals surface area contributed by atoms with Crippen molar-refractivity contribution in [2.45, 2.75) is 6.42 Å². The van der Waals surface area contributed by atoms with Crippen LogP contribution in [0.1, 0.15) is 16.9 Å². The van der Waals surface area contributed by atoms with Crippen LogP contribution in [0.3, 0.4) is 0 Å². The molecule has 0 saturated heterocycles. The van der Waals surface area contributed by atoms with Gasteiger partial charge in [0.15, 0.2) is 5.69 Å². The van der Waals surface area contributed by atoms with Gasteiger partial charge in [-0.1, -0.05) is 0 Å². The average molecular weight is 239 g/mol. The summed E-state index contributed by atoms with van der Waals surface area (Å²) in [6.07, 6.45) is 2.73. The van der Waals surface area contributed by atoms with Gasteiger partial charge in [0.2, 0.25) is 0 Å². The molecule has 1 aromatic rings. The molecule has 7 nitrogen and oxygen atoms in total. The molecule has 0 amide bonds. The lowest BCUT2D eigenvalue weighted by Crippen LogP contribution is -2.23. The van der Waals surface area contributed by atoms with Gasteiger partial charge in [0, 0.05) is 13.6 Å². The molecule has 1 aromatic heterocycles. The summed E-state index contributed by atoms with van der Waals surface area (Å²) < 4.78 is 4.52. The first kappa shape index (κ1) is 12.9. The highest BCUT2D eigenvalue weighted by molar-refractivity contribution is 5.87. The van der Waals surface area contributed by atoms with Gasteiger partial charge in [0.25, 0.3) is 0 Å². The Labute approximate surface area is 98.1 Å². The molecule has 0 aromatic carbocycles. The fourth-order valence-corrected chi connectivity index (χ4v) is 1.12. The number of carbonyl (C=O) groups excluding carboxylic acids is 1. The number of carboxylic acid groups (broad SMARTS) is 1. The second-order valence-electron chi connectivity index (χ2n) is 3.32. The molecule has 0 aliphatic rings. The number of rotatable bonds is 5. The van der Waals surface area contributed by atoms with Crippen molar-refractivity contribution >= 4 is 17.8 Å². The van der Waals surface area contributed by atoms with Gasteiger partial charge in [0.1, 0.15) is 5.82 Å². The van der Waals surface area contributed by atoms with Crippen LogP contribution in [0.5, 0.6) is 0 Å². The lowest BCUT2D eigenvalue weighted by atomic mass is 10.4. The van der Waals surface area contributed by atoms with Gasteiger partial charge in [0.05, 0.1) is 25.9 Å². The van der Waals surface area contributed by atoms with E-state index in [0.717, 1.165) is 0 Å². The van der Waals surface area contributed by atoms with Gasteiger partial charge < -0.3 is 14.7 Å². The van der Waals surface area contributed by atoms with Crippen LogP contribution in [0.2, 0.25) is 0 Å². The third-order valence-corrected chi connectivity index (χ3v) is 2.07. The number of methoxy groups -OCH3 is 1. The first-order valence-electron chi connectivity index (χ1n) is 4.88. The summed E-state index contributed by atoms with van der Waals surface area (Å²) in [5.41, 5.74) is 0.0900. The Morgan fingerprint density at radius 2 is 2.18 bits per heavy atom. The summed E-state index contributed by atoms with van der Waals surface area (Å²) in [7, 11) is 2.93. The zero-order valence-electron chi connectivity index (χ0n) is 9.58. The summed E-state index contributed by atoms with van der Waals surface area (Å²) in [4.78, 5) is 31.1. The zero-order valence-corrected chi connectivity index (χ0v) is 9.58. The molecule has 1 heterocycles. The summed E-state index contributed by atoms with van der Waals surface area (Å²) in [6.45, 7) is 0.286. The van der Waals surface area contributed by atoms with Crippen molar-refractivity contribution < 1.29 is 19.4 Å². The molecule has 0 fully saturated rings. The van der Waals surface area contributed by atoms with E-state index >= 15 is 0 Å². The quantitative estimate of drug-likeness (QED) is 0.732.